The minimum absolute atomic E-state index is 0.247. The second-order valence-electron chi connectivity index (χ2n) is 1.84. The van der Waals surface area contributed by atoms with Gasteiger partial charge in [0.15, 0.2) is 0 Å². The molecule has 0 radical (unpaired) electrons. The van der Waals surface area contributed by atoms with Crippen molar-refractivity contribution in [1.82, 2.24) is 4.98 Å². The molecule has 0 amide bonds. The van der Waals surface area contributed by atoms with Gasteiger partial charge in [-0.15, -0.1) is 6.42 Å². The zero-order chi connectivity index (χ0) is 8.27. The predicted molar refractivity (Wildman–Crippen MR) is 42.4 cm³/mol. The van der Waals surface area contributed by atoms with Crippen molar-refractivity contribution < 1.29 is 4.79 Å². The van der Waals surface area contributed by atoms with Crippen LogP contribution in [-0.4, -0.2) is 10.8 Å². The fraction of sp³-hybridized carbons (Fsp3) is 0. The number of hydrogen-bond donors (Lipinski definition) is 0. The number of ketones is 1. The predicted octanol–water partition coefficient (Wildman–Crippen LogP) is 1.55. The number of halogens is 1. The fourth-order valence-corrected chi connectivity index (χ4v) is 0.696. The van der Waals surface area contributed by atoms with Crippen molar-refractivity contribution >= 4 is 17.4 Å². The summed E-state index contributed by atoms with van der Waals surface area (Å²) in [6.45, 7) is 0. The number of hydrogen-bond acceptors (Lipinski definition) is 2. The number of pyridine rings is 1. The lowest BCUT2D eigenvalue weighted by molar-refractivity contribution is 0.105. The third kappa shape index (κ3) is 1.79. The minimum Gasteiger partial charge on any atom is -0.277 e. The molecule has 0 saturated heterocycles. The first kappa shape index (κ1) is 7.77. The molecule has 1 aromatic rings. The van der Waals surface area contributed by atoms with Crippen molar-refractivity contribution in [2.75, 3.05) is 0 Å². The van der Waals surface area contributed by atoms with Crippen molar-refractivity contribution in [3.05, 3.63) is 29.0 Å². The molecular formula is C8H4ClNO. The van der Waals surface area contributed by atoms with Gasteiger partial charge in [-0.1, -0.05) is 11.6 Å². The molecule has 0 atom stereocenters. The Hall–Kier alpha value is -1.33. The lowest BCUT2D eigenvalue weighted by Crippen LogP contribution is -1.96. The monoisotopic (exact) mass is 165 g/mol. The van der Waals surface area contributed by atoms with Crippen LogP contribution in [0.1, 0.15) is 10.5 Å². The van der Waals surface area contributed by atoms with E-state index in [1.54, 1.807) is 6.07 Å². The Kier molecular flexibility index (Phi) is 2.25. The highest BCUT2D eigenvalue weighted by molar-refractivity contribution is 6.30. The largest absolute Gasteiger partial charge is 0.277 e. The van der Waals surface area contributed by atoms with Crippen LogP contribution >= 0.6 is 11.6 Å². The van der Waals surface area contributed by atoms with Gasteiger partial charge in [0.2, 0.25) is 0 Å². The van der Waals surface area contributed by atoms with Crippen molar-refractivity contribution in [3.8, 4) is 12.3 Å². The van der Waals surface area contributed by atoms with E-state index in [9.17, 15) is 4.79 Å². The van der Waals surface area contributed by atoms with E-state index in [-0.39, 0.29) is 5.69 Å². The molecule has 0 aliphatic carbocycles. The maximum absolute atomic E-state index is 10.8. The number of rotatable bonds is 1. The normalized spacial score (nSPS) is 8.73. The summed E-state index contributed by atoms with van der Waals surface area (Å²) in [5.74, 6) is 1.53. The molecule has 0 spiro atoms. The lowest BCUT2D eigenvalue weighted by atomic mass is 10.3. The number of carbonyl (C=O) groups is 1. The number of carbonyl (C=O) groups excluding carboxylic acids is 1. The molecule has 0 saturated carbocycles. The van der Waals surface area contributed by atoms with Crippen LogP contribution in [0.2, 0.25) is 5.02 Å². The Morgan fingerprint density at radius 3 is 2.82 bits per heavy atom. The van der Waals surface area contributed by atoms with E-state index in [4.69, 9.17) is 18.0 Å². The zero-order valence-corrected chi connectivity index (χ0v) is 6.30. The number of terminal acetylenes is 1. The summed E-state index contributed by atoms with van der Waals surface area (Å²) in [5, 5.41) is 0.485. The van der Waals surface area contributed by atoms with Crippen molar-refractivity contribution in [2.24, 2.45) is 0 Å². The smallest absolute Gasteiger partial charge is 0.253 e. The fourth-order valence-electron chi connectivity index (χ4n) is 0.584. The Morgan fingerprint density at radius 1 is 1.64 bits per heavy atom. The maximum Gasteiger partial charge on any atom is 0.253 e. The molecule has 0 N–H and O–H groups in total. The van der Waals surface area contributed by atoms with Crippen LogP contribution in [0, 0.1) is 12.3 Å². The van der Waals surface area contributed by atoms with Crippen LogP contribution in [-0.2, 0) is 0 Å². The van der Waals surface area contributed by atoms with Gasteiger partial charge in [-0.05, 0) is 18.1 Å². The molecule has 0 unspecified atom stereocenters. The molecule has 0 aliphatic heterocycles. The molecule has 54 valence electrons. The molecule has 1 aromatic heterocycles. The third-order valence-corrected chi connectivity index (χ3v) is 1.31. The van der Waals surface area contributed by atoms with Gasteiger partial charge in [0.05, 0.1) is 5.02 Å². The minimum atomic E-state index is -0.429. The highest BCUT2D eigenvalue weighted by Gasteiger charge is 2.01. The summed E-state index contributed by atoms with van der Waals surface area (Å²) in [4.78, 5) is 14.5. The summed E-state index contributed by atoms with van der Waals surface area (Å²) in [7, 11) is 0. The first-order valence-corrected chi connectivity index (χ1v) is 3.24. The summed E-state index contributed by atoms with van der Waals surface area (Å²) in [5.41, 5.74) is 0.247. The first-order chi connectivity index (χ1) is 5.24. The molecule has 11 heavy (non-hydrogen) atoms. The average molecular weight is 166 g/mol. The van der Waals surface area contributed by atoms with Gasteiger partial charge in [0, 0.05) is 6.20 Å². The first-order valence-electron chi connectivity index (χ1n) is 2.86. The van der Waals surface area contributed by atoms with E-state index >= 15 is 0 Å². The van der Waals surface area contributed by atoms with E-state index in [1.807, 2.05) is 5.92 Å². The standard InChI is InChI=1S/C8H4ClNO/c1-2-8(11)7-4-3-6(9)5-10-7/h1,3-5H. The van der Waals surface area contributed by atoms with Crippen molar-refractivity contribution in [3.63, 3.8) is 0 Å². The molecule has 0 aliphatic rings. The SMILES string of the molecule is C#CC(=O)c1ccc(Cl)cn1. The quantitative estimate of drug-likeness (QED) is 0.359. The second kappa shape index (κ2) is 3.18. The van der Waals surface area contributed by atoms with Crippen molar-refractivity contribution in [1.29, 1.82) is 0 Å². The van der Waals surface area contributed by atoms with E-state index in [1.165, 1.54) is 12.3 Å². The lowest BCUT2D eigenvalue weighted by Gasteiger charge is -1.91. The molecule has 1 rings (SSSR count). The Labute approximate surface area is 69.2 Å². The van der Waals surface area contributed by atoms with Gasteiger partial charge in [-0.2, -0.15) is 0 Å². The molecular weight excluding hydrogens is 162 g/mol. The van der Waals surface area contributed by atoms with E-state index in [0.717, 1.165) is 0 Å². The van der Waals surface area contributed by atoms with Crippen LogP contribution in [0.3, 0.4) is 0 Å². The molecule has 0 aromatic carbocycles. The second-order valence-corrected chi connectivity index (χ2v) is 2.27. The molecule has 2 nitrogen and oxygen atoms in total. The van der Waals surface area contributed by atoms with Crippen LogP contribution in [0.5, 0.6) is 0 Å². The maximum atomic E-state index is 10.8. The molecule has 0 fully saturated rings. The van der Waals surface area contributed by atoms with Crippen LogP contribution in [0.4, 0.5) is 0 Å². The summed E-state index contributed by atoms with van der Waals surface area (Å²) in [6, 6.07) is 3.06. The number of aromatic nitrogens is 1. The Morgan fingerprint density at radius 2 is 2.36 bits per heavy atom. The van der Waals surface area contributed by atoms with E-state index in [2.05, 4.69) is 4.98 Å². The van der Waals surface area contributed by atoms with Gasteiger partial charge in [-0.25, -0.2) is 0 Å². The van der Waals surface area contributed by atoms with Gasteiger partial charge in [0.1, 0.15) is 5.69 Å². The summed E-state index contributed by atoms with van der Waals surface area (Å²) >= 11 is 5.53. The van der Waals surface area contributed by atoms with Crippen LogP contribution < -0.4 is 0 Å². The third-order valence-electron chi connectivity index (χ3n) is 1.09. The summed E-state index contributed by atoms with van der Waals surface area (Å²) in [6.07, 6.45) is 6.25. The Bertz CT molecular complexity index is 310. The molecule has 3 heteroatoms. The van der Waals surface area contributed by atoms with Gasteiger partial charge in [-0.3, -0.25) is 9.78 Å². The highest BCUT2D eigenvalue weighted by atomic mass is 35.5. The van der Waals surface area contributed by atoms with Crippen LogP contribution in [0.25, 0.3) is 0 Å². The Balaban J connectivity index is 3.01. The van der Waals surface area contributed by atoms with Gasteiger partial charge in [0.25, 0.3) is 5.78 Å². The summed E-state index contributed by atoms with van der Waals surface area (Å²) < 4.78 is 0. The number of Topliss-reactive ketones (excluding diaryl/α,β-unsaturated/α-hetero) is 1. The highest BCUT2D eigenvalue weighted by Crippen LogP contribution is 2.05. The van der Waals surface area contributed by atoms with Gasteiger partial charge < -0.3 is 0 Å². The molecule has 0 bridgehead atoms. The number of nitrogens with zero attached hydrogens (tertiary/aromatic N) is 1. The average Bonchev–Trinajstić information content (AvgIpc) is 2.05. The van der Waals surface area contributed by atoms with Crippen LogP contribution in [0.15, 0.2) is 18.3 Å². The van der Waals surface area contributed by atoms with Gasteiger partial charge >= 0.3 is 0 Å². The zero-order valence-electron chi connectivity index (χ0n) is 5.54. The van der Waals surface area contributed by atoms with Crippen molar-refractivity contribution in [2.45, 2.75) is 0 Å². The van der Waals surface area contributed by atoms with E-state index < -0.39 is 5.78 Å². The molecule has 1 heterocycles. The van der Waals surface area contributed by atoms with E-state index in [0.29, 0.717) is 5.02 Å². The topological polar surface area (TPSA) is 30.0 Å².